The van der Waals surface area contributed by atoms with Gasteiger partial charge in [-0.15, -0.1) is 0 Å². The topological polar surface area (TPSA) is 52.7 Å². The molecule has 5 nitrogen and oxygen atoms in total. The molecule has 1 N–H and O–H groups in total. The van der Waals surface area contributed by atoms with Gasteiger partial charge in [0, 0.05) is 38.0 Å². The summed E-state index contributed by atoms with van der Waals surface area (Å²) in [6.07, 6.45) is 1.19. The third-order valence-corrected chi connectivity index (χ3v) is 5.93. The number of benzene rings is 2. The van der Waals surface area contributed by atoms with Crippen LogP contribution < -0.4 is 10.2 Å². The van der Waals surface area contributed by atoms with Crippen molar-refractivity contribution >= 4 is 17.5 Å². The average Bonchev–Trinajstić information content (AvgIpc) is 2.68. The molecule has 6 heteroatoms. The van der Waals surface area contributed by atoms with Crippen molar-refractivity contribution in [2.24, 2.45) is 0 Å². The molecule has 146 valence electrons. The first kappa shape index (κ1) is 18.5. The summed E-state index contributed by atoms with van der Waals surface area (Å²) in [6, 6.07) is 11.9. The lowest BCUT2D eigenvalue weighted by Gasteiger charge is -2.52. The SMILES string of the molecule is CCN1c2cc(F)ccc2C(=O)NC12CCN(C(=O)c1ccccc1C)CC2. The van der Waals surface area contributed by atoms with Crippen molar-refractivity contribution in [3.8, 4) is 0 Å². The second-order valence-corrected chi connectivity index (χ2v) is 7.50. The third kappa shape index (κ3) is 2.93. The van der Waals surface area contributed by atoms with Crippen molar-refractivity contribution in [1.82, 2.24) is 10.2 Å². The molecule has 0 bridgehead atoms. The highest BCUT2D eigenvalue weighted by molar-refractivity contribution is 6.02. The Morgan fingerprint density at radius 3 is 2.57 bits per heavy atom. The highest BCUT2D eigenvalue weighted by atomic mass is 19.1. The van der Waals surface area contributed by atoms with E-state index in [1.54, 1.807) is 0 Å². The van der Waals surface area contributed by atoms with Crippen LogP contribution in [0, 0.1) is 12.7 Å². The van der Waals surface area contributed by atoms with E-state index in [0.29, 0.717) is 49.3 Å². The maximum Gasteiger partial charge on any atom is 0.255 e. The van der Waals surface area contributed by atoms with Gasteiger partial charge in [-0.1, -0.05) is 18.2 Å². The number of halogens is 1. The van der Waals surface area contributed by atoms with E-state index in [2.05, 4.69) is 10.2 Å². The highest BCUT2D eigenvalue weighted by Crippen LogP contribution is 2.37. The number of piperidine rings is 1. The molecule has 4 rings (SSSR count). The lowest BCUT2D eigenvalue weighted by atomic mass is 9.89. The minimum atomic E-state index is -0.588. The van der Waals surface area contributed by atoms with Gasteiger partial charge in [0.05, 0.1) is 11.3 Å². The monoisotopic (exact) mass is 381 g/mol. The molecule has 0 aliphatic carbocycles. The number of aryl methyl sites for hydroxylation is 1. The second-order valence-electron chi connectivity index (χ2n) is 7.50. The lowest BCUT2D eigenvalue weighted by molar-refractivity contribution is 0.0603. The predicted molar refractivity (Wildman–Crippen MR) is 106 cm³/mol. The zero-order chi connectivity index (χ0) is 19.9. The summed E-state index contributed by atoms with van der Waals surface area (Å²) in [7, 11) is 0. The maximum atomic E-state index is 13.9. The van der Waals surface area contributed by atoms with Crippen LogP contribution in [0.15, 0.2) is 42.5 Å². The van der Waals surface area contributed by atoms with Crippen LogP contribution in [0.5, 0.6) is 0 Å². The Morgan fingerprint density at radius 1 is 1.18 bits per heavy atom. The summed E-state index contributed by atoms with van der Waals surface area (Å²) in [6.45, 7) is 5.65. The Morgan fingerprint density at radius 2 is 1.89 bits per heavy atom. The normalized spacial score (nSPS) is 18.0. The molecule has 2 heterocycles. The van der Waals surface area contributed by atoms with Crippen LogP contribution >= 0.6 is 0 Å². The predicted octanol–water partition coefficient (Wildman–Crippen LogP) is 3.34. The number of fused-ring (bicyclic) bond motifs is 1. The second kappa shape index (κ2) is 6.93. The van der Waals surface area contributed by atoms with Crippen LogP contribution in [-0.4, -0.2) is 42.0 Å². The summed E-state index contributed by atoms with van der Waals surface area (Å²) in [5.74, 6) is -0.517. The smallest absolute Gasteiger partial charge is 0.255 e. The van der Waals surface area contributed by atoms with Gasteiger partial charge < -0.3 is 15.1 Å². The molecule has 2 aliphatic rings. The molecule has 1 saturated heterocycles. The van der Waals surface area contributed by atoms with Gasteiger partial charge in [0.25, 0.3) is 11.8 Å². The van der Waals surface area contributed by atoms with Gasteiger partial charge in [0.2, 0.25) is 0 Å². The first-order chi connectivity index (χ1) is 13.4. The number of likely N-dealkylation sites (tertiary alicyclic amines) is 1. The third-order valence-electron chi connectivity index (χ3n) is 5.93. The number of nitrogens with zero attached hydrogens (tertiary/aromatic N) is 2. The average molecular weight is 381 g/mol. The lowest BCUT2D eigenvalue weighted by Crippen LogP contribution is -2.68. The van der Waals surface area contributed by atoms with E-state index < -0.39 is 5.66 Å². The first-order valence-corrected chi connectivity index (χ1v) is 9.70. The fourth-order valence-corrected chi connectivity index (χ4v) is 4.43. The van der Waals surface area contributed by atoms with Gasteiger partial charge in [-0.05, 0) is 43.7 Å². The van der Waals surface area contributed by atoms with Crippen molar-refractivity contribution in [2.45, 2.75) is 32.4 Å². The van der Waals surface area contributed by atoms with E-state index in [9.17, 15) is 14.0 Å². The molecule has 2 aromatic carbocycles. The van der Waals surface area contributed by atoms with E-state index >= 15 is 0 Å². The Labute approximate surface area is 164 Å². The minimum absolute atomic E-state index is 0.0181. The van der Waals surface area contributed by atoms with E-state index in [-0.39, 0.29) is 17.6 Å². The summed E-state index contributed by atoms with van der Waals surface area (Å²) in [5.41, 5.74) is 2.20. The van der Waals surface area contributed by atoms with Crippen LogP contribution in [0.3, 0.4) is 0 Å². The number of hydrogen-bond donors (Lipinski definition) is 1. The summed E-state index contributed by atoms with van der Waals surface area (Å²) in [4.78, 5) is 29.5. The van der Waals surface area contributed by atoms with Crippen LogP contribution in [0.25, 0.3) is 0 Å². The van der Waals surface area contributed by atoms with E-state index in [1.165, 1.54) is 18.2 Å². The molecular formula is C22H24FN3O2. The number of nitrogens with one attached hydrogen (secondary N) is 1. The summed E-state index contributed by atoms with van der Waals surface area (Å²) >= 11 is 0. The molecule has 0 unspecified atom stereocenters. The van der Waals surface area contributed by atoms with Crippen LogP contribution in [0.1, 0.15) is 46.0 Å². The summed E-state index contributed by atoms with van der Waals surface area (Å²) < 4.78 is 13.9. The molecule has 1 fully saturated rings. The molecule has 2 amide bonds. The van der Waals surface area contributed by atoms with Crippen molar-refractivity contribution in [1.29, 1.82) is 0 Å². The van der Waals surface area contributed by atoms with Crippen LogP contribution in [0.4, 0.5) is 10.1 Å². The number of anilines is 1. The quantitative estimate of drug-likeness (QED) is 0.868. The standard InChI is InChI=1S/C22H24FN3O2/c1-3-26-19-14-16(23)8-9-18(19)20(27)24-22(26)10-12-25(13-11-22)21(28)17-7-5-4-6-15(17)2/h4-9,14H,3,10-13H2,1-2H3,(H,24,27). The Hall–Kier alpha value is -2.89. The Kier molecular flexibility index (Phi) is 4.57. The number of amides is 2. The Balaban J connectivity index is 1.59. The van der Waals surface area contributed by atoms with Gasteiger partial charge >= 0.3 is 0 Å². The van der Waals surface area contributed by atoms with Gasteiger partial charge in [0.1, 0.15) is 11.5 Å². The fourth-order valence-electron chi connectivity index (χ4n) is 4.43. The molecule has 0 atom stereocenters. The molecule has 1 spiro atoms. The largest absolute Gasteiger partial charge is 0.348 e. The number of carbonyl (C=O) groups is 2. The summed E-state index contributed by atoms with van der Waals surface area (Å²) in [5, 5.41) is 3.15. The van der Waals surface area contributed by atoms with Crippen molar-refractivity contribution in [3.05, 3.63) is 65.0 Å². The number of hydrogen-bond acceptors (Lipinski definition) is 3. The minimum Gasteiger partial charge on any atom is -0.348 e. The fraction of sp³-hybridized carbons (Fsp3) is 0.364. The van der Waals surface area contributed by atoms with Crippen molar-refractivity contribution < 1.29 is 14.0 Å². The molecule has 2 aromatic rings. The molecule has 2 aliphatic heterocycles. The van der Waals surface area contributed by atoms with Crippen LogP contribution in [-0.2, 0) is 0 Å². The number of carbonyl (C=O) groups excluding carboxylic acids is 2. The Bertz CT molecular complexity index is 935. The first-order valence-electron chi connectivity index (χ1n) is 9.70. The molecule has 0 radical (unpaired) electrons. The van der Waals surface area contributed by atoms with Gasteiger partial charge in [-0.25, -0.2) is 4.39 Å². The zero-order valence-corrected chi connectivity index (χ0v) is 16.2. The zero-order valence-electron chi connectivity index (χ0n) is 16.2. The maximum absolute atomic E-state index is 13.9. The van der Waals surface area contributed by atoms with Crippen molar-refractivity contribution in [2.75, 3.05) is 24.5 Å². The molecule has 0 aromatic heterocycles. The van der Waals surface area contributed by atoms with E-state index in [4.69, 9.17) is 0 Å². The van der Waals surface area contributed by atoms with Crippen LogP contribution in [0.2, 0.25) is 0 Å². The van der Waals surface area contributed by atoms with Crippen molar-refractivity contribution in [3.63, 3.8) is 0 Å². The van der Waals surface area contributed by atoms with Gasteiger partial charge in [0.15, 0.2) is 0 Å². The molecule has 0 saturated carbocycles. The van der Waals surface area contributed by atoms with E-state index in [0.717, 1.165) is 5.56 Å². The highest BCUT2D eigenvalue weighted by Gasteiger charge is 2.46. The number of rotatable bonds is 2. The van der Waals surface area contributed by atoms with Gasteiger partial charge in [-0.3, -0.25) is 9.59 Å². The van der Waals surface area contributed by atoms with E-state index in [1.807, 2.05) is 43.0 Å². The molecular weight excluding hydrogens is 357 g/mol. The molecule has 28 heavy (non-hydrogen) atoms. The van der Waals surface area contributed by atoms with Gasteiger partial charge in [-0.2, -0.15) is 0 Å².